The molecule has 0 saturated heterocycles. The van der Waals surface area contributed by atoms with Crippen LogP contribution in [0.4, 0.5) is 0 Å². The molecule has 1 N–H and O–H groups in total. The van der Waals surface area contributed by atoms with Crippen molar-refractivity contribution in [3.05, 3.63) is 63.4 Å². The normalized spacial score (nSPS) is 11.2. The predicted molar refractivity (Wildman–Crippen MR) is 88.4 cm³/mol. The van der Waals surface area contributed by atoms with Gasteiger partial charge in [0.1, 0.15) is 12.4 Å². The van der Waals surface area contributed by atoms with Crippen molar-refractivity contribution in [1.82, 2.24) is 9.55 Å². The van der Waals surface area contributed by atoms with Crippen LogP contribution in [0.2, 0.25) is 0 Å². The third-order valence-corrected chi connectivity index (χ3v) is 4.26. The second-order valence-electron chi connectivity index (χ2n) is 5.34. The van der Waals surface area contributed by atoms with Crippen LogP contribution in [0.1, 0.15) is 22.5 Å². The maximum absolute atomic E-state index is 9.60. The van der Waals surface area contributed by atoms with Crippen LogP contribution in [-0.4, -0.2) is 14.7 Å². The molecule has 4 heteroatoms. The predicted octanol–water partition coefficient (Wildman–Crippen LogP) is 3.96. The van der Waals surface area contributed by atoms with Crippen molar-refractivity contribution in [3.63, 3.8) is 0 Å². The first-order valence-electron chi connectivity index (χ1n) is 6.90. The molecule has 2 aromatic carbocycles. The summed E-state index contributed by atoms with van der Waals surface area (Å²) in [6, 6.07) is 12.4. The molecule has 0 bridgehead atoms. The number of hydrogen-bond acceptors (Lipinski definition) is 2. The zero-order valence-corrected chi connectivity index (χ0v) is 13.7. The summed E-state index contributed by atoms with van der Waals surface area (Å²) in [5.41, 5.74) is 5.69. The minimum absolute atomic E-state index is 0.0584. The van der Waals surface area contributed by atoms with Crippen LogP contribution in [0.5, 0.6) is 0 Å². The summed E-state index contributed by atoms with van der Waals surface area (Å²) >= 11 is 3.51. The lowest BCUT2D eigenvalue weighted by Crippen LogP contribution is -2.06. The first-order chi connectivity index (χ1) is 10.1. The average Bonchev–Trinajstić information content (AvgIpc) is 2.80. The summed E-state index contributed by atoms with van der Waals surface area (Å²) in [5.74, 6) is 0.698. The van der Waals surface area contributed by atoms with E-state index in [2.05, 4.69) is 57.5 Å². The molecule has 3 aromatic rings. The van der Waals surface area contributed by atoms with E-state index in [1.807, 2.05) is 18.2 Å². The maximum Gasteiger partial charge on any atom is 0.136 e. The molecule has 0 aliphatic carbocycles. The second-order valence-corrected chi connectivity index (χ2v) is 6.25. The maximum atomic E-state index is 9.60. The van der Waals surface area contributed by atoms with E-state index in [0.29, 0.717) is 5.82 Å². The Kier molecular flexibility index (Phi) is 3.83. The molecule has 108 valence electrons. The molecule has 1 aromatic heterocycles. The Bertz CT molecular complexity index is 808. The minimum Gasteiger partial charge on any atom is -0.388 e. The fourth-order valence-electron chi connectivity index (χ4n) is 2.58. The standard InChI is InChI=1S/C17H17BrN2O/c1-11-3-4-12(2)13(7-11)9-20-16-8-14(18)5-6-15(16)19-17(20)10-21/h3-8,21H,9-10H2,1-2H3. The molecule has 1 heterocycles. The smallest absolute Gasteiger partial charge is 0.136 e. The van der Waals surface area contributed by atoms with Gasteiger partial charge in [-0.05, 0) is 43.2 Å². The van der Waals surface area contributed by atoms with Gasteiger partial charge < -0.3 is 9.67 Å². The Labute approximate surface area is 132 Å². The molecular formula is C17H17BrN2O. The monoisotopic (exact) mass is 344 g/mol. The van der Waals surface area contributed by atoms with Gasteiger partial charge in [0.2, 0.25) is 0 Å². The minimum atomic E-state index is -0.0584. The van der Waals surface area contributed by atoms with Crippen LogP contribution in [0.25, 0.3) is 11.0 Å². The summed E-state index contributed by atoms with van der Waals surface area (Å²) in [5, 5.41) is 9.60. The van der Waals surface area contributed by atoms with Crippen LogP contribution >= 0.6 is 15.9 Å². The molecule has 0 fully saturated rings. The highest BCUT2D eigenvalue weighted by atomic mass is 79.9. The van der Waals surface area contributed by atoms with Gasteiger partial charge in [0.15, 0.2) is 0 Å². The van der Waals surface area contributed by atoms with Crippen LogP contribution in [0, 0.1) is 13.8 Å². The topological polar surface area (TPSA) is 38.0 Å². The number of benzene rings is 2. The van der Waals surface area contributed by atoms with E-state index >= 15 is 0 Å². The molecular weight excluding hydrogens is 328 g/mol. The lowest BCUT2D eigenvalue weighted by atomic mass is 10.1. The van der Waals surface area contributed by atoms with Gasteiger partial charge in [0.25, 0.3) is 0 Å². The van der Waals surface area contributed by atoms with Crippen molar-refractivity contribution in [2.75, 3.05) is 0 Å². The number of nitrogens with zero attached hydrogens (tertiary/aromatic N) is 2. The molecule has 0 amide bonds. The van der Waals surface area contributed by atoms with Gasteiger partial charge in [-0.3, -0.25) is 0 Å². The largest absolute Gasteiger partial charge is 0.388 e. The summed E-state index contributed by atoms with van der Waals surface area (Å²) in [4.78, 5) is 4.51. The number of aromatic nitrogens is 2. The van der Waals surface area contributed by atoms with E-state index < -0.39 is 0 Å². The third-order valence-electron chi connectivity index (χ3n) is 3.76. The van der Waals surface area contributed by atoms with E-state index in [1.54, 1.807) is 0 Å². The number of fused-ring (bicyclic) bond motifs is 1. The van der Waals surface area contributed by atoms with Crippen LogP contribution in [0.15, 0.2) is 40.9 Å². The van der Waals surface area contributed by atoms with Crippen molar-refractivity contribution in [2.45, 2.75) is 27.0 Å². The van der Waals surface area contributed by atoms with Gasteiger partial charge in [-0.1, -0.05) is 39.7 Å². The van der Waals surface area contributed by atoms with Crippen LogP contribution in [0.3, 0.4) is 0 Å². The number of rotatable bonds is 3. The zero-order chi connectivity index (χ0) is 15.0. The Morgan fingerprint density at radius 3 is 2.71 bits per heavy atom. The number of imidazole rings is 1. The lowest BCUT2D eigenvalue weighted by molar-refractivity contribution is 0.267. The molecule has 0 atom stereocenters. The van der Waals surface area contributed by atoms with E-state index in [1.165, 1.54) is 16.7 Å². The van der Waals surface area contributed by atoms with Gasteiger partial charge in [0.05, 0.1) is 11.0 Å². The highest BCUT2D eigenvalue weighted by Crippen LogP contribution is 2.23. The first kappa shape index (κ1) is 14.3. The number of aliphatic hydroxyl groups excluding tert-OH is 1. The van der Waals surface area contributed by atoms with E-state index in [4.69, 9.17) is 0 Å². The highest BCUT2D eigenvalue weighted by Gasteiger charge is 2.12. The van der Waals surface area contributed by atoms with Gasteiger partial charge in [-0.25, -0.2) is 4.98 Å². The summed E-state index contributed by atoms with van der Waals surface area (Å²) in [6.07, 6.45) is 0. The van der Waals surface area contributed by atoms with Crippen LogP contribution in [-0.2, 0) is 13.2 Å². The van der Waals surface area contributed by atoms with Gasteiger partial charge in [0, 0.05) is 11.0 Å². The molecule has 0 unspecified atom stereocenters. The van der Waals surface area contributed by atoms with E-state index in [-0.39, 0.29) is 6.61 Å². The molecule has 0 saturated carbocycles. The second kappa shape index (κ2) is 5.62. The molecule has 3 nitrogen and oxygen atoms in total. The molecule has 21 heavy (non-hydrogen) atoms. The van der Waals surface area contributed by atoms with Crippen molar-refractivity contribution >= 4 is 27.0 Å². The van der Waals surface area contributed by atoms with Crippen molar-refractivity contribution in [2.24, 2.45) is 0 Å². The number of halogens is 1. The quantitative estimate of drug-likeness (QED) is 0.780. The Morgan fingerprint density at radius 1 is 1.14 bits per heavy atom. The molecule has 0 spiro atoms. The summed E-state index contributed by atoms with van der Waals surface area (Å²) < 4.78 is 3.10. The molecule has 0 aliphatic rings. The SMILES string of the molecule is Cc1ccc(C)c(Cn2c(CO)nc3ccc(Br)cc32)c1. The van der Waals surface area contributed by atoms with Crippen molar-refractivity contribution < 1.29 is 5.11 Å². The fourth-order valence-corrected chi connectivity index (χ4v) is 2.93. The lowest BCUT2D eigenvalue weighted by Gasteiger charge is -2.11. The number of aliphatic hydroxyl groups is 1. The van der Waals surface area contributed by atoms with Gasteiger partial charge >= 0.3 is 0 Å². The third kappa shape index (κ3) is 2.74. The Hall–Kier alpha value is -1.65. The van der Waals surface area contributed by atoms with E-state index in [9.17, 15) is 5.11 Å². The first-order valence-corrected chi connectivity index (χ1v) is 7.69. The zero-order valence-electron chi connectivity index (χ0n) is 12.1. The molecule has 3 rings (SSSR count). The highest BCUT2D eigenvalue weighted by molar-refractivity contribution is 9.10. The molecule has 0 aliphatic heterocycles. The van der Waals surface area contributed by atoms with Gasteiger partial charge in [-0.15, -0.1) is 0 Å². The number of hydrogen-bond donors (Lipinski definition) is 1. The van der Waals surface area contributed by atoms with Crippen molar-refractivity contribution in [3.8, 4) is 0 Å². The summed E-state index contributed by atoms with van der Waals surface area (Å²) in [7, 11) is 0. The van der Waals surface area contributed by atoms with E-state index in [0.717, 1.165) is 22.1 Å². The number of aryl methyl sites for hydroxylation is 2. The van der Waals surface area contributed by atoms with Gasteiger partial charge in [-0.2, -0.15) is 0 Å². The summed E-state index contributed by atoms with van der Waals surface area (Å²) in [6.45, 7) is 4.87. The molecule has 0 radical (unpaired) electrons. The van der Waals surface area contributed by atoms with Crippen LogP contribution < -0.4 is 0 Å². The Balaban J connectivity index is 2.14. The average molecular weight is 345 g/mol. The Morgan fingerprint density at radius 2 is 1.95 bits per heavy atom. The fraction of sp³-hybridized carbons (Fsp3) is 0.235. The van der Waals surface area contributed by atoms with Crippen molar-refractivity contribution in [1.29, 1.82) is 0 Å².